The molecule has 1 aromatic carbocycles. The van der Waals surface area contributed by atoms with Crippen molar-refractivity contribution in [2.75, 3.05) is 6.61 Å². The number of fused-ring (bicyclic) bond motifs is 5. The predicted octanol–water partition coefficient (Wildman–Crippen LogP) is 3.42. The highest BCUT2D eigenvalue weighted by molar-refractivity contribution is 5.89. The Labute approximate surface area is 230 Å². The molecule has 1 unspecified atom stereocenters. The molecule has 214 valence electrons. The second-order valence-electron chi connectivity index (χ2n) is 13.1. The molecule has 2 bridgehead atoms. The Morgan fingerprint density at radius 2 is 1.72 bits per heavy atom. The third kappa shape index (κ3) is 3.71. The summed E-state index contributed by atoms with van der Waals surface area (Å²) in [5, 5.41) is 36.4. The lowest BCUT2D eigenvalue weighted by Gasteiger charge is -2.69. The predicted molar refractivity (Wildman–Crippen MR) is 142 cm³/mol. The summed E-state index contributed by atoms with van der Waals surface area (Å²) in [5.41, 5.74) is -3.14. The van der Waals surface area contributed by atoms with E-state index in [1.54, 1.807) is 30.3 Å². The van der Waals surface area contributed by atoms with Crippen LogP contribution in [0.15, 0.2) is 41.5 Å². The van der Waals surface area contributed by atoms with E-state index in [1.165, 1.54) is 6.92 Å². The molecule has 1 saturated heterocycles. The SMILES string of the molecule is CC(=O)O[C@@]12CO[C@@H]1C[C@H](C)[C@@]1(C)[C@H](O)[C@H](C)C3=C(C)[C@@H](O)C[C@@](O)(C(OC(=O)c4ccccc4)[C@H]21)C3(C)C. The van der Waals surface area contributed by atoms with Crippen LogP contribution in [0.25, 0.3) is 0 Å². The van der Waals surface area contributed by atoms with E-state index in [9.17, 15) is 24.9 Å². The molecule has 3 aliphatic carbocycles. The Morgan fingerprint density at radius 1 is 1.08 bits per heavy atom. The van der Waals surface area contributed by atoms with Gasteiger partial charge in [0.15, 0.2) is 5.60 Å². The molecule has 0 spiro atoms. The average Bonchev–Trinajstić information content (AvgIpc) is 2.87. The molecule has 2 saturated carbocycles. The zero-order chi connectivity index (χ0) is 28.7. The van der Waals surface area contributed by atoms with Crippen molar-refractivity contribution in [1.29, 1.82) is 0 Å². The summed E-state index contributed by atoms with van der Waals surface area (Å²) in [4.78, 5) is 26.3. The lowest BCUT2D eigenvalue weighted by atomic mass is 9.42. The number of ether oxygens (including phenoxy) is 3. The van der Waals surface area contributed by atoms with Gasteiger partial charge in [0.25, 0.3) is 0 Å². The lowest BCUT2D eigenvalue weighted by molar-refractivity contribution is -0.356. The van der Waals surface area contributed by atoms with Crippen LogP contribution in [0.5, 0.6) is 0 Å². The van der Waals surface area contributed by atoms with Gasteiger partial charge in [0.1, 0.15) is 17.8 Å². The maximum atomic E-state index is 13.7. The van der Waals surface area contributed by atoms with Crippen molar-refractivity contribution < 1.29 is 39.1 Å². The first kappa shape index (κ1) is 28.3. The summed E-state index contributed by atoms with van der Waals surface area (Å²) in [5.74, 6) is -2.54. The minimum absolute atomic E-state index is 0.0610. The van der Waals surface area contributed by atoms with Crippen molar-refractivity contribution in [2.45, 2.75) is 96.9 Å². The van der Waals surface area contributed by atoms with Crippen molar-refractivity contribution in [3.8, 4) is 0 Å². The maximum Gasteiger partial charge on any atom is 0.338 e. The van der Waals surface area contributed by atoms with Crippen molar-refractivity contribution in [2.24, 2.45) is 28.6 Å². The van der Waals surface area contributed by atoms with Crippen LogP contribution in [0.3, 0.4) is 0 Å². The van der Waals surface area contributed by atoms with Gasteiger partial charge in [0.2, 0.25) is 0 Å². The Balaban J connectivity index is 1.80. The molecule has 0 radical (unpaired) electrons. The Bertz CT molecular complexity index is 1190. The largest absolute Gasteiger partial charge is 0.455 e. The molecule has 1 aliphatic heterocycles. The average molecular weight is 543 g/mol. The third-order valence-electron chi connectivity index (χ3n) is 11.0. The second-order valence-corrected chi connectivity index (χ2v) is 13.1. The third-order valence-corrected chi connectivity index (χ3v) is 11.0. The summed E-state index contributed by atoms with van der Waals surface area (Å²) < 4.78 is 18.4. The quantitative estimate of drug-likeness (QED) is 0.392. The molecule has 3 N–H and O–H groups in total. The summed E-state index contributed by atoms with van der Waals surface area (Å²) in [6, 6.07) is 8.54. The fourth-order valence-electron chi connectivity index (χ4n) is 8.72. The van der Waals surface area contributed by atoms with Gasteiger partial charge in [0.05, 0.1) is 30.3 Å². The molecule has 8 nitrogen and oxygen atoms in total. The minimum atomic E-state index is -1.75. The first-order valence-electron chi connectivity index (χ1n) is 14.0. The molecule has 4 aliphatic rings. The molecule has 1 heterocycles. The monoisotopic (exact) mass is 542 g/mol. The van der Waals surface area contributed by atoms with Gasteiger partial charge in [-0.1, -0.05) is 58.4 Å². The number of hydrogen-bond acceptors (Lipinski definition) is 8. The molecule has 0 aromatic heterocycles. The zero-order valence-corrected chi connectivity index (χ0v) is 23.9. The molecule has 5 rings (SSSR count). The molecule has 3 fully saturated rings. The Hall–Kier alpha value is -2.26. The highest BCUT2D eigenvalue weighted by Crippen LogP contribution is 2.67. The van der Waals surface area contributed by atoms with Gasteiger partial charge in [-0.15, -0.1) is 0 Å². The zero-order valence-electron chi connectivity index (χ0n) is 23.9. The number of carbonyl (C=O) groups excluding carboxylic acids is 2. The highest BCUT2D eigenvalue weighted by atomic mass is 16.6. The van der Waals surface area contributed by atoms with Crippen molar-refractivity contribution in [3.63, 3.8) is 0 Å². The Morgan fingerprint density at radius 3 is 2.28 bits per heavy atom. The van der Waals surface area contributed by atoms with Crippen LogP contribution in [-0.2, 0) is 19.0 Å². The van der Waals surface area contributed by atoms with E-state index in [4.69, 9.17) is 14.2 Å². The van der Waals surface area contributed by atoms with E-state index in [-0.39, 0.29) is 18.9 Å². The summed E-state index contributed by atoms with van der Waals surface area (Å²) in [7, 11) is 0. The van der Waals surface area contributed by atoms with E-state index < -0.39 is 70.2 Å². The number of esters is 2. The van der Waals surface area contributed by atoms with Crippen LogP contribution >= 0.6 is 0 Å². The molecule has 1 aromatic rings. The van der Waals surface area contributed by atoms with E-state index in [1.807, 2.05) is 41.5 Å². The number of benzene rings is 1. The van der Waals surface area contributed by atoms with E-state index in [0.717, 1.165) is 11.1 Å². The Kier molecular flexibility index (Phi) is 6.62. The van der Waals surface area contributed by atoms with Crippen LogP contribution in [0.2, 0.25) is 0 Å². The van der Waals surface area contributed by atoms with E-state index in [2.05, 4.69) is 0 Å². The van der Waals surface area contributed by atoms with Gasteiger partial charge in [-0.05, 0) is 37.0 Å². The molecule has 8 heteroatoms. The van der Waals surface area contributed by atoms with Crippen LogP contribution in [0.4, 0.5) is 0 Å². The standard InChI is InChI=1S/C31H42O8/c1-16-13-22-30(15-37-22,39-19(4)32)24-26(38-27(35)20-11-9-8-10-12-20)31(36)14-21(33)17(2)23(28(31,5)6)18(3)25(34)29(16,24)7/h8-12,16,18,21-22,24-26,33-34,36H,13-15H2,1-7H3/t16-,18+,21-,22+,24-,25+,26?,29+,30-,31+/m0/s1. The van der Waals surface area contributed by atoms with Crippen LogP contribution in [0.1, 0.15) is 71.7 Å². The summed E-state index contributed by atoms with van der Waals surface area (Å²) in [6.07, 6.45) is -3.22. The van der Waals surface area contributed by atoms with Gasteiger partial charge < -0.3 is 29.5 Å². The number of carbonyl (C=O) groups is 2. The van der Waals surface area contributed by atoms with Gasteiger partial charge in [-0.25, -0.2) is 4.79 Å². The van der Waals surface area contributed by atoms with E-state index >= 15 is 0 Å². The van der Waals surface area contributed by atoms with Gasteiger partial charge in [0, 0.05) is 30.1 Å². The second kappa shape index (κ2) is 9.13. The van der Waals surface area contributed by atoms with Crippen LogP contribution in [-0.4, -0.2) is 69.5 Å². The lowest BCUT2D eigenvalue weighted by Crippen LogP contribution is -2.80. The fourth-order valence-corrected chi connectivity index (χ4v) is 8.72. The van der Waals surface area contributed by atoms with Crippen molar-refractivity contribution >= 4 is 11.9 Å². The van der Waals surface area contributed by atoms with Gasteiger partial charge in [-0.3, -0.25) is 4.79 Å². The molecular weight excluding hydrogens is 500 g/mol. The van der Waals surface area contributed by atoms with Crippen LogP contribution < -0.4 is 0 Å². The maximum absolute atomic E-state index is 13.7. The normalized spacial score (nSPS) is 44.6. The first-order chi connectivity index (χ1) is 18.1. The number of aliphatic hydroxyl groups excluding tert-OH is 2. The number of hydrogen-bond donors (Lipinski definition) is 3. The fraction of sp³-hybridized carbons (Fsp3) is 0.677. The first-order valence-corrected chi connectivity index (χ1v) is 14.0. The van der Waals surface area contributed by atoms with Crippen molar-refractivity contribution in [1.82, 2.24) is 0 Å². The van der Waals surface area contributed by atoms with Gasteiger partial charge >= 0.3 is 11.9 Å². The summed E-state index contributed by atoms with van der Waals surface area (Å²) >= 11 is 0. The minimum Gasteiger partial charge on any atom is -0.455 e. The number of rotatable bonds is 3. The van der Waals surface area contributed by atoms with Crippen molar-refractivity contribution in [3.05, 3.63) is 47.0 Å². The molecule has 39 heavy (non-hydrogen) atoms. The molecule has 0 amide bonds. The van der Waals surface area contributed by atoms with E-state index in [0.29, 0.717) is 12.0 Å². The summed E-state index contributed by atoms with van der Waals surface area (Å²) in [6.45, 7) is 12.9. The van der Waals surface area contributed by atoms with Gasteiger partial charge in [-0.2, -0.15) is 0 Å². The van der Waals surface area contributed by atoms with Crippen LogP contribution in [0, 0.1) is 28.6 Å². The smallest absolute Gasteiger partial charge is 0.338 e. The molecule has 10 atom stereocenters. The number of aliphatic hydroxyl groups is 3. The topological polar surface area (TPSA) is 123 Å². The highest BCUT2D eigenvalue weighted by Gasteiger charge is 2.76. The molecular formula is C31H42O8.